The predicted molar refractivity (Wildman–Crippen MR) is 105 cm³/mol. The van der Waals surface area contributed by atoms with Crippen molar-refractivity contribution in [3.63, 3.8) is 0 Å². The average Bonchev–Trinajstić information content (AvgIpc) is 3.24. The standard InChI is InChI=1S/C21H26N4O2/c1-14-9-15(2)25(23-14)13-21(7-8-21)12-22-20(26)19-10-16-5-6-17(27-4)11-18(16)24(19)3/h5-6,9-11H,7-8,12-13H2,1-4H3,(H,22,26). The highest BCUT2D eigenvalue weighted by molar-refractivity contribution is 5.99. The highest BCUT2D eigenvalue weighted by Gasteiger charge is 2.43. The van der Waals surface area contributed by atoms with E-state index in [2.05, 4.69) is 28.1 Å². The third kappa shape index (κ3) is 3.31. The number of ether oxygens (including phenoxy) is 1. The molecular weight excluding hydrogens is 340 g/mol. The summed E-state index contributed by atoms with van der Waals surface area (Å²) < 4.78 is 9.28. The van der Waals surface area contributed by atoms with Crippen LogP contribution in [0.25, 0.3) is 10.9 Å². The molecule has 2 aromatic heterocycles. The Bertz CT molecular complexity index is 1010. The van der Waals surface area contributed by atoms with Crippen molar-refractivity contribution >= 4 is 16.8 Å². The molecule has 4 rings (SSSR count). The van der Waals surface area contributed by atoms with E-state index in [-0.39, 0.29) is 11.3 Å². The van der Waals surface area contributed by atoms with Gasteiger partial charge in [0.25, 0.3) is 5.91 Å². The van der Waals surface area contributed by atoms with Crippen molar-refractivity contribution in [2.24, 2.45) is 12.5 Å². The first-order chi connectivity index (χ1) is 12.9. The van der Waals surface area contributed by atoms with Crippen LogP contribution in [0.5, 0.6) is 5.75 Å². The average molecular weight is 366 g/mol. The lowest BCUT2D eigenvalue weighted by atomic mass is 10.1. The molecule has 0 bridgehead atoms. The van der Waals surface area contributed by atoms with Gasteiger partial charge in [-0.1, -0.05) is 0 Å². The molecule has 1 amide bonds. The summed E-state index contributed by atoms with van der Waals surface area (Å²) in [6.07, 6.45) is 2.25. The molecule has 6 heteroatoms. The molecule has 0 aliphatic heterocycles. The maximum atomic E-state index is 12.8. The summed E-state index contributed by atoms with van der Waals surface area (Å²) in [5.41, 5.74) is 4.00. The van der Waals surface area contributed by atoms with Crippen molar-refractivity contribution in [3.8, 4) is 5.75 Å². The number of aromatic nitrogens is 3. The number of rotatable bonds is 6. The van der Waals surface area contributed by atoms with Crippen molar-refractivity contribution in [1.29, 1.82) is 0 Å². The minimum atomic E-state index is -0.0349. The molecule has 1 aliphatic rings. The van der Waals surface area contributed by atoms with Crippen molar-refractivity contribution in [2.45, 2.75) is 33.2 Å². The van der Waals surface area contributed by atoms with Gasteiger partial charge in [0.15, 0.2) is 0 Å². The monoisotopic (exact) mass is 366 g/mol. The quantitative estimate of drug-likeness (QED) is 0.729. The van der Waals surface area contributed by atoms with Gasteiger partial charge in [0.2, 0.25) is 0 Å². The summed E-state index contributed by atoms with van der Waals surface area (Å²) in [5, 5.41) is 8.75. The Morgan fingerprint density at radius 1 is 1.26 bits per heavy atom. The fourth-order valence-electron chi connectivity index (χ4n) is 3.73. The van der Waals surface area contributed by atoms with Crippen LogP contribution in [-0.2, 0) is 13.6 Å². The number of methoxy groups -OCH3 is 1. The smallest absolute Gasteiger partial charge is 0.267 e. The van der Waals surface area contributed by atoms with E-state index in [1.165, 1.54) is 5.69 Å². The number of amides is 1. The minimum Gasteiger partial charge on any atom is -0.497 e. The summed E-state index contributed by atoms with van der Waals surface area (Å²) in [4.78, 5) is 12.8. The Hall–Kier alpha value is -2.76. The third-order valence-electron chi connectivity index (χ3n) is 5.65. The first kappa shape index (κ1) is 17.6. The molecule has 1 fully saturated rings. The Morgan fingerprint density at radius 2 is 2.04 bits per heavy atom. The molecule has 1 aliphatic carbocycles. The maximum absolute atomic E-state index is 12.8. The maximum Gasteiger partial charge on any atom is 0.267 e. The first-order valence-corrected chi connectivity index (χ1v) is 9.33. The minimum absolute atomic E-state index is 0.0349. The van der Waals surface area contributed by atoms with Gasteiger partial charge < -0.3 is 14.6 Å². The van der Waals surface area contributed by atoms with Crippen LogP contribution in [0.4, 0.5) is 0 Å². The van der Waals surface area contributed by atoms with Gasteiger partial charge in [0.05, 0.1) is 18.3 Å². The number of carbonyl (C=O) groups is 1. The predicted octanol–water partition coefficient (Wildman–Crippen LogP) is 3.21. The van der Waals surface area contributed by atoms with E-state index >= 15 is 0 Å². The van der Waals surface area contributed by atoms with Crippen molar-refractivity contribution < 1.29 is 9.53 Å². The molecule has 0 saturated heterocycles. The molecule has 27 heavy (non-hydrogen) atoms. The van der Waals surface area contributed by atoms with Crippen LogP contribution in [0.3, 0.4) is 0 Å². The number of aryl methyl sites for hydroxylation is 3. The van der Waals surface area contributed by atoms with Gasteiger partial charge in [-0.25, -0.2) is 0 Å². The van der Waals surface area contributed by atoms with Gasteiger partial charge in [-0.05, 0) is 51.0 Å². The Labute approximate surface area is 159 Å². The molecule has 0 atom stereocenters. The van der Waals surface area contributed by atoms with Crippen LogP contribution in [0.2, 0.25) is 0 Å². The highest BCUT2D eigenvalue weighted by atomic mass is 16.5. The molecule has 0 spiro atoms. The Kier molecular flexibility index (Phi) is 4.21. The van der Waals surface area contributed by atoms with E-state index in [1.807, 2.05) is 42.8 Å². The van der Waals surface area contributed by atoms with Crippen LogP contribution in [-0.4, -0.2) is 33.9 Å². The van der Waals surface area contributed by atoms with Crippen LogP contribution in [0.1, 0.15) is 34.7 Å². The van der Waals surface area contributed by atoms with Gasteiger partial charge >= 0.3 is 0 Å². The normalized spacial score (nSPS) is 15.1. The zero-order valence-electron chi connectivity index (χ0n) is 16.4. The first-order valence-electron chi connectivity index (χ1n) is 9.33. The molecule has 6 nitrogen and oxygen atoms in total. The number of fused-ring (bicyclic) bond motifs is 1. The van der Waals surface area contributed by atoms with Gasteiger partial charge in [0.1, 0.15) is 11.4 Å². The summed E-state index contributed by atoms with van der Waals surface area (Å²) >= 11 is 0. The lowest BCUT2D eigenvalue weighted by molar-refractivity contribution is 0.0934. The van der Waals surface area contributed by atoms with Crippen molar-refractivity contribution in [3.05, 3.63) is 47.4 Å². The van der Waals surface area contributed by atoms with E-state index < -0.39 is 0 Å². The fraction of sp³-hybridized carbons (Fsp3) is 0.429. The highest BCUT2D eigenvalue weighted by Crippen LogP contribution is 2.46. The second-order valence-electron chi connectivity index (χ2n) is 7.78. The lowest BCUT2D eigenvalue weighted by Gasteiger charge is -2.17. The Balaban J connectivity index is 1.47. The van der Waals surface area contributed by atoms with Crippen molar-refractivity contribution in [1.82, 2.24) is 19.7 Å². The van der Waals surface area contributed by atoms with E-state index in [1.54, 1.807) is 7.11 Å². The van der Waals surface area contributed by atoms with Gasteiger partial charge in [-0.3, -0.25) is 9.48 Å². The summed E-state index contributed by atoms with van der Waals surface area (Å²) in [6.45, 7) is 5.63. The van der Waals surface area contributed by atoms with E-state index in [9.17, 15) is 4.79 Å². The van der Waals surface area contributed by atoms with Gasteiger partial charge in [0, 0.05) is 42.7 Å². The molecule has 1 aromatic carbocycles. The third-order valence-corrected chi connectivity index (χ3v) is 5.65. The fourth-order valence-corrected chi connectivity index (χ4v) is 3.73. The molecule has 3 aromatic rings. The topological polar surface area (TPSA) is 61.1 Å². The number of hydrogen-bond acceptors (Lipinski definition) is 3. The van der Waals surface area contributed by atoms with Crippen molar-refractivity contribution in [2.75, 3.05) is 13.7 Å². The second kappa shape index (κ2) is 6.44. The van der Waals surface area contributed by atoms with Crippen LogP contribution in [0.15, 0.2) is 30.3 Å². The Morgan fingerprint density at radius 3 is 2.67 bits per heavy atom. The number of nitrogens with one attached hydrogen (secondary N) is 1. The number of hydrogen-bond donors (Lipinski definition) is 1. The molecule has 1 N–H and O–H groups in total. The van der Waals surface area contributed by atoms with Gasteiger partial charge in [-0.15, -0.1) is 0 Å². The molecule has 2 heterocycles. The van der Waals surface area contributed by atoms with Gasteiger partial charge in [-0.2, -0.15) is 5.10 Å². The number of benzene rings is 1. The van der Waals surface area contributed by atoms with Crippen LogP contribution < -0.4 is 10.1 Å². The summed E-state index contributed by atoms with van der Waals surface area (Å²) in [7, 11) is 3.56. The number of carbonyl (C=O) groups excluding carboxylic acids is 1. The molecule has 0 unspecified atom stereocenters. The van der Waals surface area contributed by atoms with E-state index in [4.69, 9.17) is 4.74 Å². The van der Waals surface area contributed by atoms with Crippen LogP contribution >= 0.6 is 0 Å². The SMILES string of the molecule is COc1ccc2cc(C(=O)NCC3(Cn4nc(C)cc4C)CC3)n(C)c2c1. The van der Waals surface area contributed by atoms with E-state index in [0.29, 0.717) is 12.2 Å². The molecule has 142 valence electrons. The lowest BCUT2D eigenvalue weighted by Crippen LogP contribution is -2.33. The summed E-state index contributed by atoms with van der Waals surface area (Å²) in [6, 6.07) is 9.88. The molecular formula is C21H26N4O2. The zero-order valence-corrected chi connectivity index (χ0v) is 16.4. The largest absolute Gasteiger partial charge is 0.497 e. The summed E-state index contributed by atoms with van der Waals surface area (Å²) in [5.74, 6) is 0.754. The molecule has 1 saturated carbocycles. The van der Waals surface area contributed by atoms with Crippen LogP contribution in [0, 0.1) is 19.3 Å². The molecule has 0 radical (unpaired) electrons. The zero-order chi connectivity index (χ0) is 19.2. The van der Waals surface area contributed by atoms with E-state index in [0.717, 1.165) is 41.7 Å². The number of nitrogens with zero attached hydrogens (tertiary/aromatic N) is 3. The second-order valence-corrected chi connectivity index (χ2v) is 7.78.